The number of nitrogens with one attached hydrogen (secondary N) is 2. The predicted octanol–water partition coefficient (Wildman–Crippen LogP) is 0.853. The average Bonchev–Trinajstić information content (AvgIpc) is 3.10. The van der Waals surface area contributed by atoms with Gasteiger partial charge in [-0.1, -0.05) is 0 Å². The maximum atomic E-state index is 12.9. The highest BCUT2D eigenvalue weighted by Gasteiger charge is 2.12. The highest BCUT2D eigenvalue weighted by molar-refractivity contribution is 5.91. The zero-order valence-corrected chi connectivity index (χ0v) is 14.6. The van der Waals surface area contributed by atoms with Crippen LogP contribution in [0.3, 0.4) is 0 Å². The van der Waals surface area contributed by atoms with Crippen LogP contribution >= 0.6 is 12.4 Å². The molecule has 1 aliphatic heterocycles. The smallest absolute Gasteiger partial charge is 0.273 e. The lowest BCUT2D eigenvalue weighted by Crippen LogP contribution is -2.44. The minimum Gasteiger partial charge on any atom is -0.351 e. The number of amides is 1. The minimum atomic E-state index is -0.326. The van der Waals surface area contributed by atoms with E-state index in [1.54, 1.807) is 12.1 Å². The fourth-order valence-corrected chi connectivity index (χ4v) is 2.60. The number of hydrogen-bond acceptors (Lipinski definition) is 5. The molecule has 1 aromatic heterocycles. The van der Waals surface area contributed by atoms with Gasteiger partial charge < -0.3 is 15.5 Å². The van der Waals surface area contributed by atoms with Gasteiger partial charge in [0.25, 0.3) is 5.91 Å². The number of aromatic nitrogens is 3. The van der Waals surface area contributed by atoms with Crippen molar-refractivity contribution in [1.82, 2.24) is 30.5 Å². The fourth-order valence-electron chi connectivity index (χ4n) is 2.60. The summed E-state index contributed by atoms with van der Waals surface area (Å²) in [6, 6.07) is 5.78. The highest BCUT2D eigenvalue weighted by Crippen LogP contribution is 2.07. The van der Waals surface area contributed by atoms with Crippen LogP contribution in [0.2, 0.25) is 0 Å². The number of halogens is 2. The van der Waals surface area contributed by atoms with Crippen molar-refractivity contribution in [3.63, 3.8) is 0 Å². The Morgan fingerprint density at radius 2 is 1.96 bits per heavy atom. The largest absolute Gasteiger partial charge is 0.351 e. The van der Waals surface area contributed by atoms with E-state index in [0.29, 0.717) is 12.2 Å². The molecule has 3 rings (SSSR count). The normalized spacial score (nSPS) is 14.8. The second kappa shape index (κ2) is 9.45. The van der Waals surface area contributed by atoms with Gasteiger partial charge in [-0.25, -0.2) is 4.39 Å². The molecular weight excluding hydrogens is 347 g/mol. The van der Waals surface area contributed by atoms with E-state index in [1.807, 2.05) is 0 Å². The van der Waals surface area contributed by atoms with Crippen LogP contribution in [0.15, 0.2) is 30.5 Å². The molecule has 1 fully saturated rings. The van der Waals surface area contributed by atoms with Crippen LogP contribution in [0.4, 0.5) is 4.39 Å². The standard InChI is InChI=1S/C16H21FN6O.ClH/c17-13-2-4-14(5-3-13)23-20-12-15(21-23)16(24)19-6-1-9-22-10-7-18-8-11-22;/h2-5,12,18H,1,6-11H2,(H,19,24);1H. The molecule has 1 aliphatic rings. The summed E-state index contributed by atoms with van der Waals surface area (Å²) in [6.45, 7) is 5.74. The Labute approximate surface area is 152 Å². The third kappa shape index (κ3) is 5.48. The maximum absolute atomic E-state index is 12.9. The predicted molar refractivity (Wildman–Crippen MR) is 94.8 cm³/mol. The van der Waals surface area contributed by atoms with Crippen LogP contribution in [0.25, 0.3) is 5.69 Å². The van der Waals surface area contributed by atoms with Crippen LogP contribution in [-0.2, 0) is 0 Å². The summed E-state index contributed by atoms with van der Waals surface area (Å²) >= 11 is 0. The van der Waals surface area contributed by atoms with Crippen LogP contribution in [0.1, 0.15) is 16.9 Å². The van der Waals surface area contributed by atoms with Gasteiger partial charge in [0, 0.05) is 32.7 Å². The lowest BCUT2D eigenvalue weighted by atomic mass is 10.3. The van der Waals surface area contributed by atoms with Crippen molar-refractivity contribution < 1.29 is 9.18 Å². The van der Waals surface area contributed by atoms with E-state index in [0.717, 1.165) is 39.1 Å². The Morgan fingerprint density at radius 1 is 1.24 bits per heavy atom. The molecular formula is C16H22ClFN6O. The van der Waals surface area contributed by atoms with Gasteiger partial charge >= 0.3 is 0 Å². The van der Waals surface area contributed by atoms with Crippen LogP contribution in [-0.4, -0.2) is 65.1 Å². The Bertz CT molecular complexity index is 672. The van der Waals surface area contributed by atoms with E-state index in [2.05, 4.69) is 25.7 Å². The summed E-state index contributed by atoms with van der Waals surface area (Å²) in [4.78, 5) is 15.8. The molecule has 1 amide bonds. The van der Waals surface area contributed by atoms with E-state index in [4.69, 9.17) is 0 Å². The molecule has 1 saturated heterocycles. The minimum absolute atomic E-state index is 0. The first-order valence-electron chi connectivity index (χ1n) is 8.12. The van der Waals surface area contributed by atoms with Gasteiger partial charge in [-0.05, 0) is 37.2 Å². The number of rotatable bonds is 6. The number of benzene rings is 1. The van der Waals surface area contributed by atoms with E-state index >= 15 is 0 Å². The zero-order chi connectivity index (χ0) is 16.8. The lowest BCUT2D eigenvalue weighted by molar-refractivity contribution is 0.0946. The van der Waals surface area contributed by atoms with E-state index < -0.39 is 0 Å². The van der Waals surface area contributed by atoms with Crippen LogP contribution in [0.5, 0.6) is 0 Å². The second-order valence-electron chi connectivity index (χ2n) is 5.70. The SMILES string of the molecule is Cl.O=C(NCCCN1CCNCC1)c1cnn(-c2ccc(F)cc2)n1. The summed E-state index contributed by atoms with van der Waals surface area (Å²) in [6.07, 6.45) is 2.31. The number of carbonyl (C=O) groups is 1. The topological polar surface area (TPSA) is 75.1 Å². The summed E-state index contributed by atoms with van der Waals surface area (Å²) < 4.78 is 12.9. The zero-order valence-electron chi connectivity index (χ0n) is 13.8. The van der Waals surface area contributed by atoms with Crippen molar-refractivity contribution >= 4 is 18.3 Å². The Kier molecular flexibility index (Phi) is 7.30. The molecule has 2 heterocycles. The molecule has 7 nitrogen and oxygen atoms in total. The van der Waals surface area contributed by atoms with Gasteiger partial charge in [-0.3, -0.25) is 4.79 Å². The number of hydrogen-bond donors (Lipinski definition) is 2. The Morgan fingerprint density at radius 3 is 2.68 bits per heavy atom. The molecule has 9 heteroatoms. The first-order chi connectivity index (χ1) is 11.7. The Balaban J connectivity index is 0.00000225. The first-order valence-corrected chi connectivity index (χ1v) is 8.12. The monoisotopic (exact) mass is 368 g/mol. The van der Waals surface area contributed by atoms with Crippen molar-refractivity contribution in [3.05, 3.63) is 42.0 Å². The lowest BCUT2D eigenvalue weighted by Gasteiger charge is -2.26. The van der Waals surface area contributed by atoms with Crippen molar-refractivity contribution in [1.29, 1.82) is 0 Å². The van der Waals surface area contributed by atoms with Crippen molar-refractivity contribution in [3.8, 4) is 5.69 Å². The van der Waals surface area contributed by atoms with Gasteiger partial charge in [-0.2, -0.15) is 9.90 Å². The average molecular weight is 369 g/mol. The van der Waals surface area contributed by atoms with Gasteiger partial charge in [0.15, 0.2) is 5.69 Å². The number of piperazine rings is 1. The van der Waals surface area contributed by atoms with Gasteiger partial charge in [0.05, 0.1) is 11.9 Å². The third-order valence-electron chi connectivity index (χ3n) is 3.93. The van der Waals surface area contributed by atoms with E-state index in [1.165, 1.54) is 23.1 Å². The summed E-state index contributed by atoms with van der Waals surface area (Å²) in [5.74, 6) is -0.572. The molecule has 2 aromatic rings. The fraction of sp³-hybridized carbons (Fsp3) is 0.438. The summed E-state index contributed by atoms with van der Waals surface area (Å²) in [5, 5.41) is 14.3. The molecule has 0 aliphatic carbocycles. The molecule has 0 spiro atoms. The summed E-state index contributed by atoms with van der Waals surface area (Å²) in [5.41, 5.74) is 0.857. The number of nitrogens with zero attached hydrogens (tertiary/aromatic N) is 4. The molecule has 0 atom stereocenters. The van der Waals surface area contributed by atoms with E-state index in [9.17, 15) is 9.18 Å². The molecule has 0 unspecified atom stereocenters. The van der Waals surface area contributed by atoms with Crippen molar-refractivity contribution in [2.24, 2.45) is 0 Å². The van der Waals surface area contributed by atoms with Gasteiger partial charge in [0.2, 0.25) is 0 Å². The molecule has 136 valence electrons. The molecule has 0 saturated carbocycles. The third-order valence-corrected chi connectivity index (χ3v) is 3.93. The maximum Gasteiger partial charge on any atom is 0.273 e. The van der Waals surface area contributed by atoms with Gasteiger partial charge in [-0.15, -0.1) is 17.5 Å². The quantitative estimate of drug-likeness (QED) is 0.739. The molecule has 1 aromatic carbocycles. The van der Waals surface area contributed by atoms with Crippen LogP contribution < -0.4 is 10.6 Å². The van der Waals surface area contributed by atoms with Crippen molar-refractivity contribution in [2.75, 3.05) is 39.3 Å². The molecule has 0 radical (unpaired) electrons. The molecule has 0 bridgehead atoms. The first kappa shape index (κ1) is 19.3. The van der Waals surface area contributed by atoms with E-state index in [-0.39, 0.29) is 29.8 Å². The summed E-state index contributed by atoms with van der Waals surface area (Å²) in [7, 11) is 0. The molecule has 25 heavy (non-hydrogen) atoms. The molecule has 2 N–H and O–H groups in total. The Hall–Kier alpha value is -2.03. The van der Waals surface area contributed by atoms with Gasteiger partial charge in [0.1, 0.15) is 5.82 Å². The highest BCUT2D eigenvalue weighted by atomic mass is 35.5. The number of carbonyl (C=O) groups excluding carboxylic acids is 1. The second-order valence-corrected chi connectivity index (χ2v) is 5.70. The van der Waals surface area contributed by atoms with Crippen LogP contribution in [0, 0.1) is 5.82 Å². The van der Waals surface area contributed by atoms with Crippen molar-refractivity contribution in [2.45, 2.75) is 6.42 Å².